The third-order valence-electron chi connectivity index (χ3n) is 2.75. The third-order valence-corrected chi connectivity index (χ3v) is 3.58. The number of nitrogens with one attached hydrogen (secondary N) is 1. The van der Waals surface area contributed by atoms with Crippen LogP contribution in [0, 0.1) is 12.3 Å². The monoisotopic (exact) mass is 270 g/mol. The topological polar surface area (TPSA) is 24.9 Å². The first-order valence-electron chi connectivity index (χ1n) is 5.30. The number of rotatable bonds is 4. The zero-order valence-corrected chi connectivity index (χ0v) is 11.5. The molecule has 0 spiro atoms. The van der Waals surface area contributed by atoms with Gasteiger partial charge in [0, 0.05) is 17.2 Å². The molecule has 0 unspecified atom stereocenters. The number of aromatic nitrogens is 1. The molecule has 0 aliphatic rings. The maximum atomic E-state index is 4.32. The zero-order valence-electron chi connectivity index (χ0n) is 9.89. The molecular weight excluding hydrogens is 252 g/mol. The summed E-state index contributed by atoms with van der Waals surface area (Å²) >= 11 is 3.44. The van der Waals surface area contributed by atoms with Crippen LogP contribution in [0.15, 0.2) is 16.7 Å². The Morgan fingerprint density at radius 3 is 2.67 bits per heavy atom. The number of nitrogens with zero attached hydrogens (tertiary/aromatic N) is 1. The lowest BCUT2D eigenvalue weighted by atomic mass is 9.90. The predicted octanol–water partition coefficient (Wildman–Crippen LogP) is 4.00. The minimum absolute atomic E-state index is 0.322. The average molecular weight is 271 g/mol. The molecule has 0 aromatic carbocycles. The molecule has 0 amide bonds. The van der Waals surface area contributed by atoms with Crippen LogP contribution >= 0.6 is 15.9 Å². The quantitative estimate of drug-likeness (QED) is 0.895. The normalized spacial score (nSPS) is 11.5. The first-order valence-corrected chi connectivity index (χ1v) is 6.10. The molecule has 1 rings (SSSR count). The molecule has 0 fully saturated rings. The van der Waals surface area contributed by atoms with Gasteiger partial charge in [-0.15, -0.1) is 0 Å². The molecule has 1 heterocycles. The van der Waals surface area contributed by atoms with E-state index in [4.69, 9.17) is 0 Å². The van der Waals surface area contributed by atoms with Gasteiger partial charge in [0.15, 0.2) is 0 Å². The molecule has 84 valence electrons. The van der Waals surface area contributed by atoms with Gasteiger partial charge in [0.25, 0.3) is 0 Å². The molecule has 3 heteroatoms. The summed E-state index contributed by atoms with van der Waals surface area (Å²) in [7, 11) is 0. The second kappa shape index (κ2) is 4.97. The Labute approximate surface area is 101 Å². The number of hydrogen-bond acceptors (Lipinski definition) is 2. The molecule has 2 nitrogen and oxygen atoms in total. The van der Waals surface area contributed by atoms with Gasteiger partial charge in [-0.1, -0.05) is 20.8 Å². The fraction of sp³-hybridized carbons (Fsp3) is 0.583. The van der Waals surface area contributed by atoms with Crippen LogP contribution in [0.25, 0.3) is 0 Å². The molecule has 1 aromatic heterocycles. The molecule has 0 saturated carbocycles. The first-order chi connectivity index (χ1) is 6.94. The van der Waals surface area contributed by atoms with E-state index in [0.29, 0.717) is 5.41 Å². The van der Waals surface area contributed by atoms with Gasteiger partial charge in [-0.3, -0.25) is 0 Å². The van der Waals surface area contributed by atoms with E-state index in [2.05, 4.69) is 60.0 Å². The number of aryl methyl sites for hydroxylation is 1. The van der Waals surface area contributed by atoms with E-state index in [1.807, 2.05) is 6.20 Å². The Kier molecular flexibility index (Phi) is 4.14. The molecule has 0 aliphatic carbocycles. The van der Waals surface area contributed by atoms with Gasteiger partial charge < -0.3 is 5.32 Å². The molecule has 0 atom stereocenters. The van der Waals surface area contributed by atoms with Crippen LogP contribution in [0.1, 0.15) is 32.8 Å². The van der Waals surface area contributed by atoms with E-state index in [-0.39, 0.29) is 0 Å². The molecular formula is C12H19BrN2. The molecule has 0 bridgehead atoms. The van der Waals surface area contributed by atoms with Crippen molar-refractivity contribution in [2.45, 2.75) is 34.1 Å². The number of hydrogen-bond donors (Lipinski definition) is 1. The van der Waals surface area contributed by atoms with Gasteiger partial charge in [-0.25, -0.2) is 4.98 Å². The standard InChI is InChI=1S/C12H19BrN2/c1-5-12(3,4)8-15-11-6-9(2)10(13)7-14-11/h6-7H,5,8H2,1-4H3,(H,14,15). The van der Waals surface area contributed by atoms with Crippen LogP contribution in [-0.4, -0.2) is 11.5 Å². The smallest absolute Gasteiger partial charge is 0.126 e. The number of halogens is 1. The van der Waals surface area contributed by atoms with Crippen LogP contribution in [0.3, 0.4) is 0 Å². The zero-order chi connectivity index (χ0) is 11.5. The van der Waals surface area contributed by atoms with Crippen molar-refractivity contribution in [1.82, 2.24) is 4.98 Å². The summed E-state index contributed by atoms with van der Waals surface area (Å²) in [6.07, 6.45) is 3.01. The molecule has 0 radical (unpaired) electrons. The van der Waals surface area contributed by atoms with Crippen LogP contribution in [0.5, 0.6) is 0 Å². The summed E-state index contributed by atoms with van der Waals surface area (Å²) in [5, 5.41) is 3.37. The Morgan fingerprint density at radius 2 is 2.13 bits per heavy atom. The van der Waals surface area contributed by atoms with Crippen LogP contribution in [0.2, 0.25) is 0 Å². The van der Waals surface area contributed by atoms with Gasteiger partial charge in [0.2, 0.25) is 0 Å². The predicted molar refractivity (Wildman–Crippen MR) is 69.2 cm³/mol. The fourth-order valence-electron chi connectivity index (χ4n) is 1.09. The lowest BCUT2D eigenvalue weighted by molar-refractivity contribution is 0.376. The second-order valence-corrected chi connectivity index (χ2v) is 5.54. The summed E-state index contributed by atoms with van der Waals surface area (Å²) in [4.78, 5) is 4.32. The highest BCUT2D eigenvalue weighted by molar-refractivity contribution is 9.10. The third kappa shape index (κ3) is 3.82. The number of anilines is 1. The van der Waals surface area contributed by atoms with Gasteiger partial charge >= 0.3 is 0 Å². The van der Waals surface area contributed by atoms with Crippen molar-refractivity contribution in [3.63, 3.8) is 0 Å². The Hall–Kier alpha value is -0.570. The second-order valence-electron chi connectivity index (χ2n) is 4.69. The van der Waals surface area contributed by atoms with E-state index >= 15 is 0 Å². The minimum atomic E-state index is 0.322. The van der Waals surface area contributed by atoms with Crippen molar-refractivity contribution in [2.24, 2.45) is 5.41 Å². The highest BCUT2D eigenvalue weighted by Gasteiger charge is 2.14. The molecule has 15 heavy (non-hydrogen) atoms. The van der Waals surface area contributed by atoms with Crippen LogP contribution < -0.4 is 5.32 Å². The molecule has 1 aromatic rings. The lowest BCUT2D eigenvalue weighted by Crippen LogP contribution is -2.22. The maximum absolute atomic E-state index is 4.32. The minimum Gasteiger partial charge on any atom is -0.370 e. The van der Waals surface area contributed by atoms with Crippen LogP contribution in [-0.2, 0) is 0 Å². The van der Waals surface area contributed by atoms with Gasteiger partial charge in [-0.2, -0.15) is 0 Å². The van der Waals surface area contributed by atoms with Crippen molar-refractivity contribution in [2.75, 3.05) is 11.9 Å². The van der Waals surface area contributed by atoms with E-state index in [9.17, 15) is 0 Å². The molecule has 1 N–H and O–H groups in total. The molecule has 0 saturated heterocycles. The van der Waals surface area contributed by atoms with Crippen molar-refractivity contribution >= 4 is 21.7 Å². The largest absolute Gasteiger partial charge is 0.370 e. The number of pyridine rings is 1. The molecule has 0 aliphatic heterocycles. The summed E-state index contributed by atoms with van der Waals surface area (Å²) in [6, 6.07) is 2.07. The highest BCUT2D eigenvalue weighted by Crippen LogP contribution is 2.21. The lowest BCUT2D eigenvalue weighted by Gasteiger charge is -2.23. The van der Waals surface area contributed by atoms with Gasteiger partial charge in [-0.05, 0) is 46.3 Å². The van der Waals surface area contributed by atoms with E-state index in [1.165, 1.54) is 5.56 Å². The fourth-order valence-corrected chi connectivity index (χ4v) is 1.31. The van der Waals surface area contributed by atoms with E-state index in [0.717, 1.165) is 23.3 Å². The van der Waals surface area contributed by atoms with Crippen LogP contribution in [0.4, 0.5) is 5.82 Å². The SMILES string of the molecule is CCC(C)(C)CNc1cc(C)c(Br)cn1. The van der Waals surface area contributed by atoms with Crippen molar-refractivity contribution < 1.29 is 0 Å². The Bertz CT molecular complexity index is 334. The Balaban J connectivity index is 2.62. The van der Waals surface area contributed by atoms with E-state index < -0.39 is 0 Å². The Morgan fingerprint density at radius 1 is 1.47 bits per heavy atom. The summed E-state index contributed by atoms with van der Waals surface area (Å²) < 4.78 is 1.06. The van der Waals surface area contributed by atoms with Crippen molar-refractivity contribution in [1.29, 1.82) is 0 Å². The summed E-state index contributed by atoms with van der Waals surface area (Å²) in [5.74, 6) is 0.956. The first kappa shape index (κ1) is 12.5. The average Bonchev–Trinajstić information content (AvgIpc) is 2.20. The van der Waals surface area contributed by atoms with Gasteiger partial charge in [0.05, 0.1) is 0 Å². The highest BCUT2D eigenvalue weighted by atomic mass is 79.9. The summed E-state index contributed by atoms with van der Waals surface area (Å²) in [5.41, 5.74) is 1.53. The summed E-state index contributed by atoms with van der Waals surface area (Å²) in [6.45, 7) is 9.75. The van der Waals surface area contributed by atoms with Gasteiger partial charge in [0.1, 0.15) is 5.82 Å². The van der Waals surface area contributed by atoms with Crippen molar-refractivity contribution in [3.05, 3.63) is 22.3 Å². The maximum Gasteiger partial charge on any atom is 0.126 e. The van der Waals surface area contributed by atoms with Crippen molar-refractivity contribution in [3.8, 4) is 0 Å². The van der Waals surface area contributed by atoms with E-state index in [1.54, 1.807) is 0 Å².